The van der Waals surface area contributed by atoms with Gasteiger partial charge in [0.1, 0.15) is 5.69 Å². The van der Waals surface area contributed by atoms with Crippen molar-refractivity contribution in [3.63, 3.8) is 0 Å². The minimum atomic E-state index is 0.746. The smallest absolute Gasteiger partial charge is 0.151 e. The molecule has 2 aromatic carbocycles. The van der Waals surface area contributed by atoms with E-state index in [-0.39, 0.29) is 0 Å². The summed E-state index contributed by atoms with van der Waals surface area (Å²) in [6.45, 7) is 3.76. The highest BCUT2D eigenvalue weighted by molar-refractivity contribution is 5.88. The molecule has 2 aromatic heterocycles. The minimum Gasteiger partial charge on any atom is -0.240 e. The van der Waals surface area contributed by atoms with Gasteiger partial charge in [0.15, 0.2) is 11.6 Å². The third kappa shape index (κ3) is 3.04. The van der Waals surface area contributed by atoms with Gasteiger partial charge in [-0.2, -0.15) is 10.2 Å². The molecular formula is C20H18N6. The van der Waals surface area contributed by atoms with E-state index in [2.05, 4.69) is 15.3 Å². The first-order valence-electron chi connectivity index (χ1n) is 8.36. The van der Waals surface area contributed by atoms with E-state index in [9.17, 15) is 0 Å². The van der Waals surface area contributed by atoms with Crippen molar-refractivity contribution in [1.82, 2.24) is 24.7 Å². The van der Waals surface area contributed by atoms with Crippen molar-refractivity contribution in [2.75, 3.05) is 0 Å². The van der Waals surface area contributed by atoms with Crippen LogP contribution in [-0.4, -0.2) is 30.9 Å². The van der Waals surface area contributed by atoms with E-state index in [0.717, 1.165) is 34.2 Å². The number of rotatable bonds is 4. The lowest BCUT2D eigenvalue weighted by atomic mass is 10.1. The average molecular weight is 342 g/mol. The Bertz CT molecular complexity index is 1030. The number of aromatic nitrogens is 5. The molecule has 4 aromatic rings. The lowest BCUT2D eigenvalue weighted by Gasteiger charge is -2.00. The maximum absolute atomic E-state index is 4.78. The van der Waals surface area contributed by atoms with Crippen LogP contribution in [0, 0.1) is 13.8 Å². The van der Waals surface area contributed by atoms with Crippen LogP contribution in [0.1, 0.15) is 17.2 Å². The van der Waals surface area contributed by atoms with Gasteiger partial charge < -0.3 is 0 Å². The fraction of sp³-hybridized carbons (Fsp3) is 0.100. The Balaban J connectivity index is 1.81. The third-order valence-corrected chi connectivity index (χ3v) is 4.08. The quantitative estimate of drug-likeness (QED) is 0.532. The molecule has 4 rings (SSSR count). The number of nitrogens with zero attached hydrogens (tertiary/aromatic N) is 6. The average Bonchev–Trinajstić information content (AvgIpc) is 3.25. The van der Waals surface area contributed by atoms with Crippen LogP contribution in [0.2, 0.25) is 0 Å². The number of hydrogen-bond donors (Lipinski definition) is 0. The summed E-state index contributed by atoms with van der Waals surface area (Å²) in [6, 6.07) is 20.1. The molecule has 6 heteroatoms. The summed E-state index contributed by atoms with van der Waals surface area (Å²) < 4.78 is 3.59. The van der Waals surface area contributed by atoms with Crippen molar-refractivity contribution in [3.8, 4) is 16.9 Å². The molecule has 0 amide bonds. The van der Waals surface area contributed by atoms with Gasteiger partial charge in [-0.15, -0.1) is 10.2 Å². The number of benzene rings is 2. The van der Waals surface area contributed by atoms with Gasteiger partial charge in [0.2, 0.25) is 0 Å². The molecule has 0 aliphatic carbocycles. The fourth-order valence-electron chi connectivity index (χ4n) is 2.77. The van der Waals surface area contributed by atoms with Crippen molar-refractivity contribution in [1.29, 1.82) is 0 Å². The predicted molar refractivity (Wildman–Crippen MR) is 101 cm³/mol. The largest absolute Gasteiger partial charge is 0.240 e. The van der Waals surface area contributed by atoms with Crippen molar-refractivity contribution >= 4 is 6.21 Å². The highest BCUT2D eigenvalue weighted by atomic mass is 15.4. The zero-order valence-electron chi connectivity index (χ0n) is 14.6. The Morgan fingerprint density at radius 3 is 2.12 bits per heavy atom. The van der Waals surface area contributed by atoms with Gasteiger partial charge in [-0.1, -0.05) is 48.5 Å². The SMILES string of the molecule is Cc1nnc(C)n1/N=C/c1cn(-c2ccccc2)nc1-c1ccccc1. The van der Waals surface area contributed by atoms with E-state index in [4.69, 9.17) is 5.10 Å². The summed E-state index contributed by atoms with van der Waals surface area (Å²) in [5, 5.41) is 17.4. The molecule has 0 bridgehead atoms. The van der Waals surface area contributed by atoms with Crippen molar-refractivity contribution < 1.29 is 0 Å². The summed E-state index contributed by atoms with van der Waals surface area (Å²) in [5.74, 6) is 1.49. The maximum Gasteiger partial charge on any atom is 0.151 e. The van der Waals surface area contributed by atoms with Gasteiger partial charge in [-0.05, 0) is 26.0 Å². The lowest BCUT2D eigenvalue weighted by molar-refractivity contribution is 0.799. The van der Waals surface area contributed by atoms with Gasteiger partial charge in [-0.25, -0.2) is 9.36 Å². The van der Waals surface area contributed by atoms with E-state index in [1.807, 2.05) is 85.4 Å². The van der Waals surface area contributed by atoms with Crippen LogP contribution in [0.5, 0.6) is 0 Å². The highest BCUT2D eigenvalue weighted by Crippen LogP contribution is 2.22. The van der Waals surface area contributed by atoms with Crippen molar-refractivity contribution in [2.45, 2.75) is 13.8 Å². The van der Waals surface area contributed by atoms with Crippen LogP contribution < -0.4 is 0 Å². The number of hydrogen-bond acceptors (Lipinski definition) is 4. The summed E-state index contributed by atoms with van der Waals surface area (Å²) in [6.07, 6.45) is 3.79. The monoisotopic (exact) mass is 342 g/mol. The van der Waals surface area contributed by atoms with Crippen LogP contribution in [0.4, 0.5) is 0 Å². The second-order valence-corrected chi connectivity index (χ2v) is 5.93. The predicted octanol–water partition coefficient (Wildman–Crippen LogP) is 3.63. The molecule has 128 valence electrons. The van der Waals surface area contributed by atoms with Crippen LogP contribution in [0.3, 0.4) is 0 Å². The fourth-order valence-corrected chi connectivity index (χ4v) is 2.77. The molecule has 0 fully saturated rings. The van der Waals surface area contributed by atoms with Crippen molar-refractivity contribution in [3.05, 3.63) is 84.1 Å². The van der Waals surface area contributed by atoms with Gasteiger partial charge in [0.05, 0.1) is 11.9 Å². The van der Waals surface area contributed by atoms with Gasteiger partial charge in [0, 0.05) is 17.3 Å². The van der Waals surface area contributed by atoms with Gasteiger partial charge in [0.25, 0.3) is 0 Å². The van der Waals surface area contributed by atoms with Gasteiger partial charge >= 0.3 is 0 Å². The molecule has 0 saturated carbocycles. The first-order chi connectivity index (χ1) is 12.7. The molecule has 0 aliphatic heterocycles. The van der Waals surface area contributed by atoms with Crippen LogP contribution in [0.15, 0.2) is 72.0 Å². The Morgan fingerprint density at radius 1 is 0.846 bits per heavy atom. The molecule has 0 atom stereocenters. The Morgan fingerprint density at radius 2 is 1.46 bits per heavy atom. The first kappa shape index (κ1) is 16.0. The molecule has 0 aliphatic rings. The van der Waals surface area contributed by atoms with Crippen LogP contribution >= 0.6 is 0 Å². The Kier molecular flexibility index (Phi) is 4.15. The summed E-state index contributed by atoms with van der Waals surface area (Å²) in [4.78, 5) is 0. The number of para-hydroxylation sites is 1. The summed E-state index contributed by atoms with van der Waals surface area (Å²) >= 11 is 0. The second-order valence-electron chi connectivity index (χ2n) is 5.93. The molecule has 0 spiro atoms. The van der Waals surface area contributed by atoms with E-state index in [1.165, 1.54) is 0 Å². The molecule has 2 heterocycles. The number of aryl methyl sites for hydroxylation is 2. The van der Waals surface area contributed by atoms with Crippen LogP contribution in [0.25, 0.3) is 16.9 Å². The molecule has 0 saturated heterocycles. The molecular weight excluding hydrogens is 324 g/mol. The molecule has 6 nitrogen and oxygen atoms in total. The van der Waals surface area contributed by atoms with E-state index in [0.29, 0.717) is 0 Å². The van der Waals surface area contributed by atoms with E-state index >= 15 is 0 Å². The normalized spacial score (nSPS) is 11.3. The molecule has 0 unspecified atom stereocenters. The standard InChI is InChI=1S/C20H18N6/c1-15-22-23-16(2)26(15)21-13-18-14-25(19-11-7-4-8-12-19)24-20(18)17-9-5-3-6-10-17/h3-14H,1-2H3/b21-13+. The molecule has 0 radical (unpaired) electrons. The Hall–Kier alpha value is -3.54. The zero-order valence-corrected chi connectivity index (χ0v) is 14.6. The molecule has 26 heavy (non-hydrogen) atoms. The summed E-state index contributed by atoms with van der Waals surface area (Å²) in [7, 11) is 0. The maximum atomic E-state index is 4.78. The molecule has 0 N–H and O–H groups in total. The summed E-state index contributed by atoms with van der Waals surface area (Å²) in [5.41, 5.74) is 3.84. The first-order valence-corrected chi connectivity index (χ1v) is 8.36. The third-order valence-electron chi connectivity index (χ3n) is 4.08. The topological polar surface area (TPSA) is 60.9 Å². The van der Waals surface area contributed by atoms with E-state index < -0.39 is 0 Å². The highest BCUT2D eigenvalue weighted by Gasteiger charge is 2.11. The van der Waals surface area contributed by atoms with Crippen LogP contribution in [-0.2, 0) is 0 Å². The minimum absolute atomic E-state index is 0.746. The lowest BCUT2D eigenvalue weighted by Crippen LogP contribution is -1.96. The Labute approximate surface area is 151 Å². The van der Waals surface area contributed by atoms with Gasteiger partial charge in [-0.3, -0.25) is 0 Å². The zero-order chi connectivity index (χ0) is 17.9. The second kappa shape index (κ2) is 6.76. The van der Waals surface area contributed by atoms with E-state index in [1.54, 1.807) is 10.9 Å². The van der Waals surface area contributed by atoms with Crippen molar-refractivity contribution in [2.24, 2.45) is 5.10 Å².